The molecular weight excluding hydrogens is 452 g/mol. The summed E-state index contributed by atoms with van der Waals surface area (Å²) in [5.41, 5.74) is 1.09. The van der Waals surface area contributed by atoms with Crippen LogP contribution in [-0.2, 0) is 23.8 Å². The van der Waals surface area contributed by atoms with Gasteiger partial charge in [0.05, 0.1) is 13.2 Å². The molecule has 0 radical (unpaired) electrons. The van der Waals surface area contributed by atoms with Crippen molar-refractivity contribution in [1.29, 1.82) is 0 Å². The molecule has 2 aromatic carbocycles. The van der Waals surface area contributed by atoms with Crippen LogP contribution in [0.1, 0.15) is 37.3 Å². The van der Waals surface area contributed by atoms with E-state index in [0.717, 1.165) is 22.3 Å². The minimum atomic E-state index is -1.65. The second-order valence-corrected chi connectivity index (χ2v) is 8.84. The number of ether oxygens (including phenoxy) is 3. The smallest absolute Gasteiger partial charge is 0.408 e. The molecule has 2 aromatic rings. The van der Waals surface area contributed by atoms with Gasteiger partial charge in [0.25, 0.3) is 0 Å². The van der Waals surface area contributed by atoms with E-state index in [-0.39, 0.29) is 32.2 Å². The molecule has 0 bridgehead atoms. The number of methoxy groups -OCH3 is 2. The third-order valence-corrected chi connectivity index (χ3v) is 6.41. The van der Waals surface area contributed by atoms with Crippen molar-refractivity contribution in [2.24, 2.45) is 0 Å². The lowest BCUT2D eigenvalue weighted by atomic mass is 9.94. The largest absolute Gasteiger partial charge is 0.479 e. The number of aliphatic carboxylic acids is 1. The summed E-state index contributed by atoms with van der Waals surface area (Å²) in [4.78, 5) is 37.9. The molecule has 0 aliphatic heterocycles. The quantitative estimate of drug-likeness (QED) is 0.448. The molecule has 3 rings (SSSR count). The summed E-state index contributed by atoms with van der Waals surface area (Å²) < 4.78 is 15.7. The van der Waals surface area contributed by atoms with Crippen molar-refractivity contribution in [2.75, 3.05) is 34.0 Å². The van der Waals surface area contributed by atoms with Gasteiger partial charge in [-0.3, -0.25) is 4.79 Å². The first-order valence-corrected chi connectivity index (χ1v) is 11.4. The van der Waals surface area contributed by atoms with E-state index in [1.807, 2.05) is 48.5 Å². The maximum atomic E-state index is 13.2. The Morgan fingerprint density at radius 3 is 1.94 bits per heavy atom. The summed E-state index contributed by atoms with van der Waals surface area (Å²) in [6, 6.07) is 15.9. The minimum Gasteiger partial charge on any atom is -0.479 e. The predicted molar refractivity (Wildman–Crippen MR) is 129 cm³/mol. The SMILES string of the molecule is CCC(COC)(NC(=O)C(C)(COC)NC(=O)OCC1c2ccccc2-c2ccccc21)C(=O)O. The summed E-state index contributed by atoms with van der Waals surface area (Å²) >= 11 is 0. The van der Waals surface area contributed by atoms with Gasteiger partial charge in [0, 0.05) is 20.1 Å². The van der Waals surface area contributed by atoms with E-state index in [0.29, 0.717) is 0 Å². The number of hydrogen-bond acceptors (Lipinski definition) is 6. The number of carboxylic acids is 1. The zero-order valence-corrected chi connectivity index (χ0v) is 20.4. The average Bonchev–Trinajstić information content (AvgIpc) is 3.16. The first kappa shape index (κ1) is 26.2. The van der Waals surface area contributed by atoms with Crippen LogP contribution in [0.25, 0.3) is 11.1 Å². The average molecular weight is 485 g/mol. The summed E-state index contributed by atoms with van der Waals surface area (Å²) in [6.45, 7) is 2.71. The minimum absolute atomic E-state index is 0.0717. The Kier molecular flexibility index (Phi) is 8.14. The van der Waals surface area contributed by atoms with E-state index in [4.69, 9.17) is 14.2 Å². The Labute approximate surface area is 204 Å². The van der Waals surface area contributed by atoms with Crippen LogP contribution in [0.5, 0.6) is 0 Å². The maximum Gasteiger partial charge on any atom is 0.408 e. The number of benzene rings is 2. The second kappa shape index (κ2) is 10.9. The van der Waals surface area contributed by atoms with Crippen LogP contribution in [0.2, 0.25) is 0 Å². The number of hydrogen-bond donors (Lipinski definition) is 3. The van der Waals surface area contributed by atoms with E-state index in [9.17, 15) is 19.5 Å². The lowest BCUT2D eigenvalue weighted by Crippen LogP contribution is -2.66. The molecule has 35 heavy (non-hydrogen) atoms. The summed E-state index contributed by atoms with van der Waals surface area (Å²) in [7, 11) is 2.73. The van der Waals surface area contributed by atoms with Gasteiger partial charge in [0.15, 0.2) is 5.54 Å². The highest BCUT2D eigenvalue weighted by Gasteiger charge is 2.45. The third-order valence-electron chi connectivity index (χ3n) is 6.41. The zero-order chi connectivity index (χ0) is 25.6. The Morgan fingerprint density at radius 1 is 0.914 bits per heavy atom. The van der Waals surface area contributed by atoms with Gasteiger partial charge in [-0.05, 0) is 35.6 Å². The number of alkyl carbamates (subject to hydrolysis) is 1. The zero-order valence-electron chi connectivity index (χ0n) is 20.4. The number of amides is 2. The molecule has 0 spiro atoms. The van der Waals surface area contributed by atoms with Crippen molar-refractivity contribution < 1.29 is 33.7 Å². The number of rotatable bonds is 11. The highest BCUT2D eigenvalue weighted by atomic mass is 16.5. The lowest BCUT2D eigenvalue weighted by molar-refractivity contribution is -0.152. The van der Waals surface area contributed by atoms with Crippen LogP contribution in [0.3, 0.4) is 0 Å². The fraction of sp³-hybridized carbons (Fsp3) is 0.423. The number of fused-ring (bicyclic) bond motifs is 3. The van der Waals surface area contributed by atoms with Crippen molar-refractivity contribution in [3.05, 3.63) is 59.7 Å². The summed E-state index contributed by atoms with van der Waals surface area (Å²) in [6.07, 6.45) is -0.735. The lowest BCUT2D eigenvalue weighted by Gasteiger charge is -2.35. The van der Waals surface area contributed by atoms with Gasteiger partial charge >= 0.3 is 12.1 Å². The molecule has 3 N–H and O–H groups in total. The Hall–Kier alpha value is -3.43. The Bertz CT molecular complexity index is 1040. The molecule has 9 heteroatoms. The van der Waals surface area contributed by atoms with E-state index in [1.165, 1.54) is 21.1 Å². The van der Waals surface area contributed by atoms with E-state index in [2.05, 4.69) is 10.6 Å². The molecular formula is C26H32N2O7. The van der Waals surface area contributed by atoms with E-state index < -0.39 is 29.0 Å². The summed E-state index contributed by atoms with van der Waals surface area (Å²) in [5, 5.41) is 14.8. The third kappa shape index (κ3) is 5.31. The first-order valence-electron chi connectivity index (χ1n) is 11.4. The molecule has 2 amide bonds. The summed E-state index contributed by atoms with van der Waals surface area (Å²) in [5.74, 6) is -2.11. The Morgan fingerprint density at radius 2 is 1.46 bits per heavy atom. The van der Waals surface area contributed by atoms with Crippen LogP contribution >= 0.6 is 0 Å². The molecule has 0 aromatic heterocycles. The molecule has 1 aliphatic carbocycles. The van der Waals surface area contributed by atoms with Gasteiger partial charge in [-0.15, -0.1) is 0 Å². The van der Waals surface area contributed by atoms with Crippen LogP contribution in [0, 0.1) is 0 Å². The topological polar surface area (TPSA) is 123 Å². The normalized spacial score (nSPS) is 15.8. The van der Waals surface area contributed by atoms with Gasteiger partial charge in [0.1, 0.15) is 12.1 Å². The van der Waals surface area contributed by atoms with Crippen LogP contribution in [0.4, 0.5) is 4.79 Å². The number of nitrogens with one attached hydrogen (secondary N) is 2. The van der Waals surface area contributed by atoms with Crippen molar-refractivity contribution >= 4 is 18.0 Å². The van der Waals surface area contributed by atoms with Gasteiger partial charge in [-0.1, -0.05) is 55.5 Å². The van der Waals surface area contributed by atoms with Crippen molar-refractivity contribution in [2.45, 2.75) is 37.3 Å². The Balaban J connectivity index is 1.73. The molecule has 2 atom stereocenters. The van der Waals surface area contributed by atoms with E-state index in [1.54, 1.807) is 6.92 Å². The monoisotopic (exact) mass is 484 g/mol. The van der Waals surface area contributed by atoms with Crippen molar-refractivity contribution in [3.63, 3.8) is 0 Å². The highest BCUT2D eigenvalue weighted by molar-refractivity contribution is 5.94. The van der Waals surface area contributed by atoms with Crippen molar-refractivity contribution in [1.82, 2.24) is 10.6 Å². The molecule has 0 saturated carbocycles. The predicted octanol–water partition coefficient (Wildman–Crippen LogP) is 2.93. The van der Waals surface area contributed by atoms with Gasteiger partial charge in [-0.25, -0.2) is 9.59 Å². The van der Waals surface area contributed by atoms with Gasteiger partial charge in [0.2, 0.25) is 5.91 Å². The molecule has 9 nitrogen and oxygen atoms in total. The molecule has 188 valence electrons. The highest BCUT2D eigenvalue weighted by Crippen LogP contribution is 2.44. The van der Waals surface area contributed by atoms with Gasteiger partial charge < -0.3 is 30.0 Å². The molecule has 1 aliphatic rings. The molecule has 0 fully saturated rings. The standard InChI is InChI=1S/C26H32N2O7/c1-5-26(16-34-4,23(30)31)27-22(29)25(2,15-33-3)28-24(32)35-14-21-19-12-8-6-10-17(19)18-11-7-9-13-20(18)21/h6-13,21H,5,14-16H2,1-4H3,(H,27,29)(H,28,32)(H,30,31). The molecule has 2 unspecified atom stereocenters. The number of carbonyl (C=O) groups is 3. The van der Waals surface area contributed by atoms with E-state index >= 15 is 0 Å². The fourth-order valence-electron chi connectivity index (χ4n) is 4.40. The number of carbonyl (C=O) groups excluding carboxylic acids is 2. The maximum absolute atomic E-state index is 13.2. The van der Waals surface area contributed by atoms with Crippen LogP contribution in [0.15, 0.2) is 48.5 Å². The molecule has 0 saturated heterocycles. The van der Waals surface area contributed by atoms with Gasteiger partial charge in [-0.2, -0.15) is 0 Å². The van der Waals surface area contributed by atoms with Crippen LogP contribution in [-0.4, -0.2) is 68.2 Å². The first-order chi connectivity index (χ1) is 16.7. The van der Waals surface area contributed by atoms with Crippen molar-refractivity contribution in [3.8, 4) is 11.1 Å². The number of carboxylic acid groups (broad SMARTS) is 1. The van der Waals surface area contributed by atoms with Crippen LogP contribution < -0.4 is 10.6 Å². The second-order valence-electron chi connectivity index (χ2n) is 8.84. The fourth-order valence-corrected chi connectivity index (χ4v) is 4.40. The molecule has 0 heterocycles.